The van der Waals surface area contributed by atoms with Gasteiger partial charge in [-0.05, 0) is 25.7 Å². The Bertz CT molecular complexity index is 275. The number of rotatable bonds is 11. The van der Waals surface area contributed by atoms with Crippen molar-refractivity contribution in [2.45, 2.75) is 39.0 Å². The van der Waals surface area contributed by atoms with E-state index in [0.29, 0.717) is 26.4 Å². The van der Waals surface area contributed by atoms with E-state index >= 15 is 0 Å². The molecule has 1 saturated heterocycles. The van der Waals surface area contributed by atoms with Crippen LogP contribution in [0.5, 0.6) is 0 Å². The number of aliphatic carboxylic acids is 1. The number of carboxylic acid groups (broad SMARTS) is 1. The number of ether oxygens (including phenoxy) is 3. The maximum absolute atomic E-state index is 9.93. The molecule has 6 nitrogen and oxygen atoms in total. The summed E-state index contributed by atoms with van der Waals surface area (Å²) >= 11 is 0. The standard InChI is InChI=1S/C9H20N.C8H16O5/c1-3-7-10(2)8-5-4-6-9-10;1-11-4-5-13-7-6-12-3-2-8(9)10/h3-9H2,1-2H3;2-7H2,1H3,(H,9,10)/q+1;/p-1. The molecule has 0 aromatic rings. The van der Waals surface area contributed by atoms with Crippen molar-refractivity contribution in [2.24, 2.45) is 0 Å². The summed E-state index contributed by atoms with van der Waals surface area (Å²) in [4.78, 5) is 9.93. The summed E-state index contributed by atoms with van der Waals surface area (Å²) in [5, 5.41) is 9.93. The highest BCUT2D eigenvalue weighted by Crippen LogP contribution is 2.15. The second-order valence-corrected chi connectivity index (χ2v) is 6.19. The first kappa shape index (κ1) is 22.3. The minimum absolute atomic E-state index is 0.0714. The first-order valence-corrected chi connectivity index (χ1v) is 8.72. The summed E-state index contributed by atoms with van der Waals surface area (Å²) < 4.78 is 16.1. The second kappa shape index (κ2) is 14.9. The Balaban J connectivity index is 0.000000433. The highest BCUT2D eigenvalue weighted by molar-refractivity contribution is 5.64. The van der Waals surface area contributed by atoms with E-state index < -0.39 is 5.97 Å². The summed E-state index contributed by atoms with van der Waals surface area (Å²) in [7, 11) is 4.00. The van der Waals surface area contributed by atoms with Gasteiger partial charge in [0.05, 0.1) is 59.7 Å². The van der Waals surface area contributed by atoms with Crippen molar-refractivity contribution in [3.05, 3.63) is 0 Å². The van der Waals surface area contributed by atoms with Crippen LogP contribution in [0.3, 0.4) is 0 Å². The molecule has 6 heteroatoms. The number of hydrogen-bond donors (Lipinski definition) is 0. The number of nitrogens with zero attached hydrogens (tertiary/aromatic N) is 1. The summed E-state index contributed by atoms with van der Waals surface area (Å²) in [5.74, 6) is -1.10. The monoisotopic (exact) mass is 333 g/mol. The average molecular weight is 333 g/mol. The number of carboxylic acids is 1. The third-order valence-electron chi connectivity index (χ3n) is 3.91. The molecule has 0 bridgehead atoms. The lowest BCUT2D eigenvalue weighted by Gasteiger charge is -2.37. The van der Waals surface area contributed by atoms with Crippen LogP contribution in [0.15, 0.2) is 0 Å². The molecule has 1 heterocycles. The van der Waals surface area contributed by atoms with Crippen LogP contribution in [-0.2, 0) is 19.0 Å². The van der Waals surface area contributed by atoms with Crippen molar-refractivity contribution in [3.8, 4) is 0 Å². The molecular weight excluding hydrogens is 298 g/mol. The van der Waals surface area contributed by atoms with Gasteiger partial charge in [0.2, 0.25) is 0 Å². The zero-order valence-electron chi connectivity index (χ0n) is 15.2. The molecule has 1 aliphatic heterocycles. The van der Waals surface area contributed by atoms with Crippen molar-refractivity contribution in [1.82, 2.24) is 0 Å². The Morgan fingerprint density at radius 2 is 1.57 bits per heavy atom. The maximum Gasteiger partial charge on any atom is 0.0784 e. The zero-order valence-corrected chi connectivity index (χ0v) is 15.2. The number of carbonyl (C=O) groups is 1. The number of piperidine rings is 1. The zero-order chi connectivity index (χ0) is 17.4. The predicted molar refractivity (Wildman–Crippen MR) is 88.1 cm³/mol. The van der Waals surface area contributed by atoms with Crippen molar-refractivity contribution in [2.75, 3.05) is 66.8 Å². The number of carbonyl (C=O) groups excluding carboxylic acids is 1. The van der Waals surface area contributed by atoms with Crippen LogP contribution in [-0.4, -0.2) is 77.3 Å². The topological polar surface area (TPSA) is 67.8 Å². The van der Waals surface area contributed by atoms with Gasteiger partial charge in [-0.25, -0.2) is 0 Å². The minimum Gasteiger partial charge on any atom is -0.550 e. The van der Waals surface area contributed by atoms with E-state index in [1.807, 2.05) is 0 Å². The highest BCUT2D eigenvalue weighted by atomic mass is 16.5. The van der Waals surface area contributed by atoms with Crippen LogP contribution in [0.25, 0.3) is 0 Å². The van der Waals surface area contributed by atoms with Crippen LogP contribution in [0.4, 0.5) is 0 Å². The lowest BCUT2D eigenvalue weighted by atomic mass is 10.1. The van der Waals surface area contributed by atoms with E-state index in [0.717, 1.165) is 0 Å². The molecule has 0 saturated carbocycles. The van der Waals surface area contributed by atoms with E-state index in [4.69, 9.17) is 14.2 Å². The Hall–Kier alpha value is -0.690. The van der Waals surface area contributed by atoms with Gasteiger partial charge >= 0.3 is 0 Å². The molecule has 0 radical (unpaired) electrons. The molecule has 1 fully saturated rings. The fraction of sp³-hybridized carbons (Fsp3) is 0.941. The molecule has 0 aromatic carbocycles. The Morgan fingerprint density at radius 3 is 2.09 bits per heavy atom. The molecule has 0 amide bonds. The van der Waals surface area contributed by atoms with E-state index in [-0.39, 0.29) is 13.0 Å². The first-order valence-electron chi connectivity index (χ1n) is 8.72. The van der Waals surface area contributed by atoms with E-state index in [2.05, 4.69) is 14.0 Å². The fourth-order valence-corrected chi connectivity index (χ4v) is 2.66. The minimum atomic E-state index is -1.10. The third-order valence-corrected chi connectivity index (χ3v) is 3.91. The second-order valence-electron chi connectivity index (χ2n) is 6.19. The Morgan fingerprint density at radius 1 is 1.00 bits per heavy atom. The number of likely N-dealkylation sites (tertiary alicyclic amines) is 1. The molecule has 0 spiro atoms. The number of hydrogen-bond acceptors (Lipinski definition) is 5. The smallest absolute Gasteiger partial charge is 0.0784 e. The van der Waals surface area contributed by atoms with Gasteiger partial charge in [0.25, 0.3) is 0 Å². The average Bonchev–Trinajstić information content (AvgIpc) is 2.51. The van der Waals surface area contributed by atoms with Crippen molar-refractivity contribution < 1.29 is 28.6 Å². The first-order chi connectivity index (χ1) is 11.0. The van der Waals surface area contributed by atoms with Gasteiger partial charge in [0.15, 0.2) is 0 Å². The van der Waals surface area contributed by atoms with Gasteiger partial charge < -0.3 is 28.6 Å². The lowest BCUT2D eigenvalue weighted by molar-refractivity contribution is -0.914. The SMILES string of the molecule is CCC[N+]1(C)CCCCC1.COCCOCCOCCC(=O)[O-]. The molecule has 23 heavy (non-hydrogen) atoms. The molecule has 138 valence electrons. The van der Waals surface area contributed by atoms with Gasteiger partial charge in [0.1, 0.15) is 0 Å². The molecule has 0 aliphatic carbocycles. The summed E-state index contributed by atoms with van der Waals surface area (Å²) in [6, 6.07) is 0. The van der Waals surface area contributed by atoms with Crippen LogP contribution < -0.4 is 5.11 Å². The lowest BCUT2D eigenvalue weighted by Crippen LogP contribution is -2.48. The largest absolute Gasteiger partial charge is 0.550 e. The van der Waals surface area contributed by atoms with E-state index in [1.54, 1.807) is 7.11 Å². The van der Waals surface area contributed by atoms with Gasteiger partial charge in [0, 0.05) is 19.5 Å². The van der Waals surface area contributed by atoms with E-state index in [9.17, 15) is 9.90 Å². The predicted octanol–water partition coefficient (Wildman–Crippen LogP) is 0.833. The van der Waals surface area contributed by atoms with Gasteiger partial charge in [-0.2, -0.15) is 0 Å². The van der Waals surface area contributed by atoms with Gasteiger partial charge in [-0.3, -0.25) is 0 Å². The highest BCUT2D eigenvalue weighted by Gasteiger charge is 2.22. The molecule has 1 rings (SSSR count). The maximum atomic E-state index is 9.93. The van der Waals surface area contributed by atoms with Crippen LogP contribution >= 0.6 is 0 Å². The summed E-state index contributed by atoms with van der Waals surface area (Å²) in [5.41, 5.74) is 0. The van der Waals surface area contributed by atoms with E-state index in [1.165, 1.54) is 49.8 Å². The van der Waals surface area contributed by atoms with Crippen molar-refractivity contribution in [1.29, 1.82) is 0 Å². The number of quaternary nitrogens is 1. The Labute approximate surface area is 141 Å². The molecule has 0 atom stereocenters. The summed E-state index contributed by atoms with van der Waals surface area (Å²) in [6.07, 6.45) is 5.65. The Kier molecular flexibility index (Phi) is 14.4. The molecule has 0 unspecified atom stereocenters. The number of methoxy groups -OCH3 is 1. The molecular formula is C17H35NO5. The third kappa shape index (κ3) is 14.6. The summed E-state index contributed by atoms with van der Waals surface area (Å²) in [6.45, 7) is 8.64. The van der Waals surface area contributed by atoms with Gasteiger partial charge in [-0.15, -0.1) is 0 Å². The van der Waals surface area contributed by atoms with Crippen molar-refractivity contribution in [3.63, 3.8) is 0 Å². The fourth-order valence-electron chi connectivity index (χ4n) is 2.66. The normalized spacial score (nSPS) is 16.5. The van der Waals surface area contributed by atoms with Gasteiger partial charge in [-0.1, -0.05) is 6.92 Å². The van der Waals surface area contributed by atoms with Crippen molar-refractivity contribution >= 4 is 5.97 Å². The molecule has 1 aliphatic rings. The quantitative estimate of drug-likeness (QED) is 0.414. The van der Waals surface area contributed by atoms with Crippen LogP contribution in [0, 0.1) is 0 Å². The molecule has 0 aromatic heterocycles. The van der Waals surface area contributed by atoms with Crippen LogP contribution in [0.2, 0.25) is 0 Å². The van der Waals surface area contributed by atoms with Crippen LogP contribution in [0.1, 0.15) is 39.0 Å². The molecule has 0 N–H and O–H groups in total.